The number of nitrogens with zero attached hydrogens (tertiary/aromatic N) is 1. The van der Waals surface area contributed by atoms with E-state index in [-0.39, 0.29) is 5.75 Å². The van der Waals surface area contributed by atoms with Crippen molar-refractivity contribution < 1.29 is 9.90 Å². The van der Waals surface area contributed by atoms with Gasteiger partial charge in [-0.15, -0.1) is 0 Å². The molecule has 0 spiro atoms. The highest BCUT2D eigenvalue weighted by Gasteiger charge is 2.07. The fraction of sp³-hybridized carbons (Fsp3) is 0.231. The van der Waals surface area contributed by atoms with Gasteiger partial charge in [0.25, 0.3) is 0 Å². The zero-order valence-corrected chi connectivity index (χ0v) is 10.8. The average molecular weight is 261 g/mol. The van der Waals surface area contributed by atoms with Gasteiger partial charge in [0.1, 0.15) is 0 Å². The van der Waals surface area contributed by atoms with Crippen LogP contribution in [0.1, 0.15) is 17.0 Å². The minimum atomic E-state index is -1.08. The lowest BCUT2D eigenvalue weighted by Gasteiger charge is -1.98. The van der Waals surface area contributed by atoms with Crippen LogP contribution < -0.4 is 5.11 Å². The quantitative estimate of drug-likeness (QED) is 0.820. The van der Waals surface area contributed by atoms with Crippen molar-refractivity contribution in [2.75, 3.05) is 5.75 Å². The van der Waals surface area contributed by atoms with Gasteiger partial charge < -0.3 is 14.9 Å². The van der Waals surface area contributed by atoms with Crippen LogP contribution in [0.5, 0.6) is 0 Å². The number of carboxylic acids is 1. The van der Waals surface area contributed by atoms with Crippen LogP contribution >= 0.6 is 11.8 Å². The Kier molecular flexibility index (Phi) is 4.04. The summed E-state index contributed by atoms with van der Waals surface area (Å²) in [6.07, 6.45) is 0.745. The fourth-order valence-electron chi connectivity index (χ4n) is 1.62. The zero-order chi connectivity index (χ0) is 13.0. The number of nitrogens with one attached hydrogen (secondary N) is 1. The number of benzene rings is 1. The monoisotopic (exact) mass is 261 g/mol. The Morgan fingerprint density at radius 1 is 1.39 bits per heavy atom. The van der Waals surface area contributed by atoms with Crippen LogP contribution in [0.4, 0.5) is 0 Å². The molecular formula is C13H13N2O2S-. The summed E-state index contributed by atoms with van der Waals surface area (Å²) in [5, 5.41) is 11.0. The predicted octanol–water partition coefficient (Wildman–Crippen LogP) is 1.15. The number of aryl methyl sites for hydroxylation is 1. The van der Waals surface area contributed by atoms with E-state index in [4.69, 9.17) is 0 Å². The number of rotatable bonds is 5. The Balaban J connectivity index is 2.07. The van der Waals surface area contributed by atoms with Gasteiger partial charge in [0.2, 0.25) is 0 Å². The molecule has 94 valence electrons. The third-order valence-corrected chi connectivity index (χ3v) is 3.35. The number of imidazole rings is 1. The van der Waals surface area contributed by atoms with Crippen LogP contribution in [0.15, 0.2) is 35.5 Å². The van der Waals surface area contributed by atoms with E-state index in [1.165, 1.54) is 5.56 Å². The van der Waals surface area contributed by atoms with Crippen LogP contribution in [0.25, 0.3) is 0 Å². The molecule has 0 amide bonds. The molecule has 18 heavy (non-hydrogen) atoms. The molecule has 1 heterocycles. The summed E-state index contributed by atoms with van der Waals surface area (Å²) < 4.78 is 0. The molecule has 1 aromatic heterocycles. The molecule has 5 heteroatoms. The van der Waals surface area contributed by atoms with Gasteiger partial charge in [0.15, 0.2) is 5.16 Å². The maximum Gasteiger partial charge on any atom is 0.166 e. The maximum atomic E-state index is 10.4. The number of hydrogen-bond donors (Lipinski definition) is 1. The van der Waals surface area contributed by atoms with Crippen molar-refractivity contribution in [1.29, 1.82) is 0 Å². The second kappa shape index (κ2) is 5.73. The van der Waals surface area contributed by atoms with E-state index in [0.717, 1.165) is 29.6 Å². The molecule has 0 saturated carbocycles. The first-order chi connectivity index (χ1) is 8.65. The summed E-state index contributed by atoms with van der Waals surface area (Å²) >= 11 is 1.15. The normalized spacial score (nSPS) is 10.5. The number of thioether (sulfide) groups is 1. The first kappa shape index (κ1) is 12.7. The molecule has 0 fully saturated rings. The highest BCUT2D eigenvalue weighted by molar-refractivity contribution is 7.99. The van der Waals surface area contributed by atoms with E-state index >= 15 is 0 Å². The Labute approximate surface area is 109 Å². The fourth-order valence-corrected chi connectivity index (χ4v) is 2.28. The molecule has 0 saturated heterocycles. The molecule has 1 aromatic carbocycles. The smallest absolute Gasteiger partial charge is 0.166 e. The Morgan fingerprint density at radius 2 is 2.11 bits per heavy atom. The van der Waals surface area contributed by atoms with Crippen molar-refractivity contribution in [2.24, 2.45) is 0 Å². The number of H-pyrrole nitrogens is 1. The summed E-state index contributed by atoms with van der Waals surface area (Å²) in [5.74, 6) is -1.17. The Morgan fingerprint density at radius 3 is 2.78 bits per heavy atom. The van der Waals surface area contributed by atoms with Crippen molar-refractivity contribution in [2.45, 2.75) is 18.5 Å². The minimum Gasteiger partial charge on any atom is -0.549 e. The van der Waals surface area contributed by atoms with Crippen molar-refractivity contribution in [3.05, 3.63) is 47.3 Å². The molecule has 2 rings (SSSR count). The summed E-state index contributed by atoms with van der Waals surface area (Å²) in [5.41, 5.74) is 3.10. The van der Waals surface area contributed by atoms with Gasteiger partial charge >= 0.3 is 0 Å². The number of carbonyl (C=O) groups excluding carboxylic acids is 1. The van der Waals surface area contributed by atoms with E-state index in [2.05, 4.69) is 9.97 Å². The van der Waals surface area contributed by atoms with Crippen LogP contribution in [0, 0.1) is 6.92 Å². The van der Waals surface area contributed by atoms with Crippen LogP contribution in [-0.4, -0.2) is 21.7 Å². The number of carbonyl (C=O) groups is 1. The third-order valence-electron chi connectivity index (χ3n) is 2.50. The van der Waals surface area contributed by atoms with Gasteiger partial charge in [-0.3, -0.25) is 0 Å². The summed E-state index contributed by atoms with van der Waals surface area (Å²) in [7, 11) is 0. The molecular weight excluding hydrogens is 248 g/mol. The number of aromatic amines is 1. The molecule has 0 aliphatic carbocycles. The largest absolute Gasteiger partial charge is 0.549 e. The second-order valence-corrected chi connectivity index (χ2v) is 4.90. The maximum absolute atomic E-state index is 10.4. The topological polar surface area (TPSA) is 68.8 Å². The van der Waals surface area contributed by atoms with Crippen molar-refractivity contribution in [3.63, 3.8) is 0 Å². The predicted molar refractivity (Wildman–Crippen MR) is 68.3 cm³/mol. The van der Waals surface area contributed by atoms with E-state index in [9.17, 15) is 9.90 Å². The third kappa shape index (κ3) is 3.37. The van der Waals surface area contributed by atoms with E-state index < -0.39 is 5.97 Å². The zero-order valence-electron chi connectivity index (χ0n) is 9.97. The number of aromatic nitrogens is 2. The summed E-state index contributed by atoms with van der Waals surface area (Å²) in [4.78, 5) is 17.9. The van der Waals surface area contributed by atoms with Crippen molar-refractivity contribution >= 4 is 17.7 Å². The summed E-state index contributed by atoms with van der Waals surface area (Å²) in [6, 6.07) is 10.0. The SMILES string of the molecule is Cc1[nH]c(SCC(=O)[O-])nc1Cc1ccccc1. The van der Waals surface area contributed by atoms with Gasteiger partial charge in [0, 0.05) is 17.9 Å². The van der Waals surface area contributed by atoms with Gasteiger partial charge in [-0.05, 0) is 12.5 Å². The first-order valence-electron chi connectivity index (χ1n) is 5.57. The van der Waals surface area contributed by atoms with E-state index in [0.29, 0.717) is 5.16 Å². The molecule has 0 radical (unpaired) electrons. The van der Waals surface area contributed by atoms with Gasteiger partial charge in [-0.2, -0.15) is 0 Å². The van der Waals surface area contributed by atoms with Crippen LogP contribution in [0.2, 0.25) is 0 Å². The van der Waals surface area contributed by atoms with Crippen LogP contribution in [-0.2, 0) is 11.2 Å². The van der Waals surface area contributed by atoms with Gasteiger partial charge in [-0.1, -0.05) is 42.1 Å². The molecule has 4 nitrogen and oxygen atoms in total. The second-order valence-electron chi connectivity index (χ2n) is 3.94. The molecule has 1 N–H and O–H groups in total. The van der Waals surface area contributed by atoms with Gasteiger partial charge in [-0.25, -0.2) is 4.98 Å². The number of aliphatic carboxylic acids is 1. The molecule has 0 unspecified atom stereocenters. The minimum absolute atomic E-state index is 0.0856. The highest BCUT2D eigenvalue weighted by atomic mass is 32.2. The standard InChI is InChI=1S/C13H14N2O2S/c1-9-11(7-10-5-3-2-4-6-10)15-13(14-9)18-8-12(16)17/h2-6H,7-8H2,1H3,(H,14,15)(H,16,17)/p-1. The molecule has 0 aliphatic heterocycles. The molecule has 0 bridgehead atoms. The van der Waals surface area contributed by atoms with E-state index in [1.807, 2.05) is 37.3 Å². The van der Waals surface area contributed by atoms with Crippen molar-refractivity contribution in [3.8, 4) is 0 Å². The van der Waals surface area contributed by atoms with Gasteiger partial charge in [0.05, 0.1) is 11.7 Å². The Hall–Kier alpha value is -1.75. The van der Waals surface area contributed by atoms with E-state index in [1.54, 1.807) is 0 Å². The highest BCUT2D eigenvalue weighted by Crippen LogP contribution is 2.18. The molecule has 0 atom stereocenters. The lowest BCUT2D eigenvalue weighted by Crippen LogP contribution is -2.24. The molecule has 2 aromatic rings. The molecule has 0 aliphatic rings. The summed E-state index contributed by atoms with van der Waals surface area (Å²) in [6.45, 7) is 1.94. The van der Waals surface area contributed by atoms with Crippen molar-refractivity contribution in [1.82, 2.24) is 9.97 Å². The lowest BCUT2D eigenvalue weighted by atomic mass is 10.1. The average Bonchev–Trinajstić information content (AvgIpc) is 2.69. The Bertz CT molecular complexity index is 537. The van der Waals surface area contributed by atoms with Crippen LogP contribution in [0.3, 0.4) is 0 Å². The number of carboxylic acid groups (broad SMARTS) is 1. The number of hydrogen-bond acceptors (Lipinski definition) is 4. The lowest BCUT2D eigenvalue weighted by molar-refractivity contribution is -0.301. The first-order valence-corrected chi connectivity index (χ1v) is 6.56.